The number of carbonyl (C=O) groups is 1. The van der Waals surface area contributed by atoms with Crippen LogP contribution in [0, 0.1) is 0 Å². The van der Waals surface area contributed by atoms with Crippen LogP contribution in [0.3, 0.4) is 0 Å². The summed E-state index contributed by atoms with van der Waals surface area (Å²) in [6.45, 7) is 1.17. The van der Waals surface area contributed by atoms with Gasteiger partial charge >= 0.3 is 0 Å². The Labute approximate surface area is 181 Å². The molecule has 3 aromatic rings. The third kappa shape index (κ3) is 5.00. The largest absolute Gasteiger partial charge is 0.508 e. The number of carbonyl (C=O) groups excluding carboxylic acids is 1. The van der Waals surface area contributed by atoms with E-state index in [1.165, 1.54) is 0 Å². The maximum Gasteiger partial charge on any atom is 0.251 e. The van der Waals surface area contributed by atoms with Gasteiger partial charge in [-0.15, -0.1) is 0 Å². The Bertz CT molecular complexity index is 1050. The van der Waals surface area contributed by atoms with E-state index >= 15 is 0 Å². The van der Waals surface area contributed by atoms with Crippen LogP contribution in [0.2, 0.25) is 0 Å². The topological polar surface area (TPSA) is 110 Å². The van der Waals surface area contributed by atoms with Gasteiger partial charge in [-0.25, -0.2) is 4.98 Å². The van der Waals surface area contributed by atoms with E-state index in [1.54, 1.807) is 30.5 Å². The first-order chi connectivity index (χ1) is 15.1. The zero-order chi connectivity index (χ0) is 21.6. The van der Waals surface area contributed by atoms with Gasteiger partial charge in [0.25, 0.3) is 5.91 Å². The molecule has 0 aliphatic carbocycles. The average molecular weight is 418 g/mol. The fourth-order valence-electron chi connectivity index (χ4n) is 3.68. The molecule has 160 valence electrons. The summed E-state index contributed by atoms with van der Waals surface area (Å²) in [5, 5.41) is 12.7. The number of hydrogen-bond acceptors (Lipinski definition) is 6. The number of ether oxygens (including phenoxy) is 1. The minimum Gasteiger partial charge on any atom is -0.508 e. The van der Waals surface area contributed by atoms with Crippen molar-refractivity contribution in [2.45, 2.75) is 31.8 Å². The van der Waals surface area contributed by atoms with E-state index in [4.69, 9.17) is 10.5 Å². The number of phenols is 1. The lowest BCUT2D eigenvalue weighted by atomic mass is 10.1. The highest BCUT2D eigenvalue weighted by atomic mass is 16.5. The van der Waals surface area contributed by atoms with E-state index < -0.39 is 0 Å². The molecule has 0 unspecified atom stereocenters. The Kier molecular flexibility index (Phi) is 6.43. The van der Waals surface area contributed by atoms with E-state index in [9.17, 15) is 9.90 Å². The molecule has 7 heteroatoms. The molecule has 1 aromatic heterocycles. The maximum atomic E-state index is 12.4. The molecule has 31 heavy (non-hydrogen) atoms. The summed E-state index contributed by atoms with van der Waals surface area (Å²) in [4.78, 5) is 21.4. The van der Waals surface area contributed by atoms with Gasteiger partial charge in [-0.05, 0) is 49.4 Å². The molecule has 1 amide bonds. The second kappa shape index (κ2) is 9.57. The van der Waals surface area contributed by atoms with Crippen molar-refractivity contribution in [3.8, 4) is 17.0 Å². The van der Waals surface area contributed by atoms with Crippen molar-refractivity contribution >= 4 is 11.7 Å². The number of nitrogens with one attached hydrogen (secondary N) is 1. The first kappa shape index (κ1) is 20.8. The van der Waals surface area contributed by atoms with Crippen molar-refractivity contribution in [2.24, 2.45) is 0 Å². The normalized spacial score (nSPS) is 16.1. The number of benzene rings is 2. The van der Waals surface area contributed by atoms with Crippen molar-refractivity contribution in [1.29, 1.82) is 0 Å². The summed E-state index contributed by atoms with van der Waals surface area (Å²) in [7, 11) is 0. The van der Waals surface area contributed by atoms with E-state index in [0.717, 1.165) is 42.7 Å². The number of amides is 1. The summed E-state index contributed by atoms with van der Waals surface area (Å²) in [6.07, 6.45) is 5.36. The fraction of sp³-hybridized carbons (Fsp3) is 0.292. The molecule has 0 saturated carbocycles. The predicted molar refractivity (Wildman–Crippen MR) is 119 cm³/mol. The van der Waals surface area contributed by atoms with Crippen molar-refractivity contribution in [3.63, 3.8) is 0 Å². The average Bonchev–Trinajstić information content (AvgIpc) is 2.81. The van der Waals surface area contributed by atoms with Crippen LogP contribution in [0.4, 0.5) is 5.82 Å². The van der Waals surface area contributed by atoms with Crippen LogP contribution < -0.4 is 11.1 Å². The number of hydrogen-bond donors (Lipinski definition) is 3. The molecule has 4 rings (SSSR count). The van der Waals surface area contributed by atoms with Gasteiger partial charge in [-0.1, -0.05) is 30.3 Å². The molecule has 1 atom stereocenters. The third-order valence-corrected chi connectivity index (χ3v) is 5.42. The Morgan fingerprint density at radius 2 is 1.97 bits per heavy atom. The summed E-state index contributed by atoms with van der Waals surface area (Å²) in [5.41, 5.74) is 9.66. The van der Waals surface area contributed by atoms with Crippen molar-refractivity contribution in [2.75, 3.05) is 18.9 Å². The number of phenolic OH excluding ortho intramolecular Hbond substituents is 1. The Morgan fingerprint density at radius 1 is 1.16 bits per heavy atom. The molecule has 1 aliphatic rings. The van der Waals surface area contributed by atoms with Crippen LogP contribution >= 0.6 is 0 Å². The number of aromatic hydroxyl groups is 1. The number of anilines is 1. The molecule has 2 aromatic carbocycles. The summed E-state index contributed by atoms with van der Waals surface area (Å²) < 4.78 is 5.76. The highest BCUT2D eigenvalue weighted by Gasteiger charge is 2.19. The Morgan fingerprint density at radius 3 is 2.68 bits per heavy atom. The van der Waals surface area contributed by atoms with Crippen LogP contribution in [0.15, 0.2) is 54.7 Å². The first-order valence-electron chi connectivity index (χ1n) is 10.5. The zero-order valence-electron chi connectivity index (χ0n) is 17.3. The SMILES string of the molecule is Nc1nc([C@@H]2CCCCO2)cnc1-c1ccc(C(=O)NCCc2ccccc2O)cc1. The number of aromatic nitrogens is 2. The van der Waals surface area contributed by atoms with E-state index in [-0.39, 0.29) is 17.8 Å². The number of nitrogen functional groups attached to an aromatic ring is 1. The van der Waals surface area contributed by atoms with Crippen LogP contribution in [-0.4, -0.2) is 34.1 Å². The molecule has 0 radical (unpaired) electrons. The van der Waals surface area contributed by atoms with E-state index in [0.29, 0.717) is 30.0 Å². The molecule has 1 saturated heterocycles. The monoisotopic (exact) mass is 418 g/mol. The highest BCUT2D eigenvalue weighted by molar-refractivity contribution is 5.94. The van der Waals surface area contributed by atoms with Crippen LogP contribution in [0.25, 0.3) is 11.3 Å². The van der Waals surface area contributed by atoms with Gasteiger partial charge in [0.15, 0.2) is 0 Å². The van der Waals surface area contributed by atoms with Gasteiger partial charge in [-0.2, -0.15) is 0 Å². The van der Waals surface area contributed by atoms with Gasteiger partial charge in [0.1, 0.15) is 23.4 Å². The predicted octanol–water partition coefficient (Wildman–Crippen LogP) is 3.65. The third-order valence-electron chi connectivity index (χ3n) is 5.42. The minimum atomic E-state index is -0.175. The van der Waals surface area contributed by atoms with Gasteiger partial charge in [0.05, 0.1) is 11.9 Å². The van der Waals surface area contributed by atoms with Crippen LogP contribution in [-0.2, 0) is 11.2 Å². The van der Waals surface area contributed by atoms with Crippen LogP contribution in [0.1, 0.15) is 47.0 Å². The summed E-state index contributed by atoms with van der Waals surface area (Å²) in [6, 6.07) is 14.2. The quantitative estimate of drug-likeness (QED) is 0.564. The molecular formula is C24H26N4O3. The van der Waals surface area contributed by atoms with E-state index in [1.807, 2.05) is 24.3 Å². The molecular weight excluding hydrogens is 392 g/mol. The molecule has 7 nitrogen and oxygen atoms in total. The molecule has 4 N–H and O–H groups in total. The van der Waals surface area contributed by atoms with E-state index in [2.05, 4.69) is 15.3 Å². The zero-order valence-corrected chi connectivity index (χ0v) is 17.3. The lowest BCUT2D eigenvalue weighted by Gasteiger charge is -2.22. The lowest BCUT2D eigenvalue weighted by molar-refractivity contribution is 0.0122. The highest BCUT2D eigenvalue weighted by Crippen LogP contribution is 2.29. The number of nitrogens with two attached hydrogens (primary N) is 1. The Balaban J connectivity index is 1.38. The van der Waals surface area contributed by atoms with Crippen molar-refractivity contribution in [3.05, 3.63) is 71.5 Å². The summed E-state index contributed by atoms with van der Waals surface area (Å²) >= 11 is 0. The van der Waals surface area contributed by atoms with Gasteiger partial charge in [0.2, 0.25) is 0 Å². The molecule has 2 heterocycles. The fourth-order valence-corrected chi connectivity index (χ4v) is 3.68. The number of para-hydroxylation sites is 1. The van der Waals surface area contributed by atoms with Crippen molar-refractivity contribution < 1.29 is 14.6 Å². The first-order valence-corrected chi connectivity index (χ1v) is 10.5. The molecule has 1 fully saturated rings. The lowest BCUT2D eigenvalue weighted by Crippen LogP contribution is -2.25. The maximum absolute atomic E-state index is 12.4. The number of nitrogens with zero attached hydrogens (tertiary/aromatic N) is 2. The molecule has 0 spiro atoms. The van der Waals surface area contributed by atoms with Crippen LogP contribution in [0.5, 0.6) is 5.75 Å². The summed E-state index contributed by atoms with van der Waals surface area (Å²) in [5.74, 6) is 0.415. The second-order valence-electron chi connectivity index (χ2n) is 7.60. The molecule has 1 aliphatic heterocycles. The molecule has 0 bridgehead atoms. The standard InChI is InChI=1S/C24H26N4O3/c25-23-22(27-15-19(28-23)21-7-3-4-14-31-21)17-8-10-18(11-9-17)24(30)26-13-12-16-5-1-2-6-20(16)29/h1-2,5-6,8-11,15,21,29H,3-4,7,12-14H2,(H2,25,28)(H,26,30)/t21-/m0/s1. The smallest absolute Gasteiger partial charge is 0.251 e. The van der Waals surface area contributed by atoms with Crippen molar-refractivity contribution in [1.82, 2.24) is 15.3 Å². The van der Waals surface area contributed by atoms with Gasteiger partial charge in [-0.3, -0.25) is 9.78 Å². The Hall–Kier alpha value is -3.45. The number of rotatable bonds is 6. The minimum absolute atomic E-state index is 0.0403. The van der Waals surface area contributed by atoms with Gasteiger partial charge < -0.3 is 20.9 Å². The van der Waals surface area contributed by atoms with Gasteiger partial charge in [0, 0.05) is 24.3 Å². The second-order valence-corrected chi connectivity index (χ2v) is 7.60.